The van der Waals surface area contributed by atoms with Gasteiger partial charge in [-0.2, -0.15) is 0 Å². The highest BCUT2D eigenvalue weighted by molar-refractivity contribution is 5.23. The summed E-state index contributed by atoms with van der Waals surface area (Å²) in [6.45, 7) is 7.29. The van der Waals surface area contributed by atoms with Gasteiger partial charge in [-0.3, -0.25) is 0 Å². The van der Waals surface area contributed by atoms with Crippen LogP contribution in [0.25, 0.3) is 0 Å². The summed E-state index contributed by atoms with van der Waals surface area (Å²) in [5.74, 6) is -0.499. The Kier molecular flexibility index (Phi) is 8.59. The van der Waals surface area contributed by atoms with Crippen molar-refractivity contribution in [3.8, 4) is 0 Å². The van der Waals surface area contributed by atoms with Gasteiger partial charge in [-0.1, -0.05) is 69.7 Å². The summed E-state index contributed by atoms with van der Waals surface area (Å²) in [6, 6.07) is 9.09. The van der Waals surface area contributed by atoms with Crippen molar-refractivity contribution in [2.24, 2.45) is 5.73 Å². The molecule has 0 saturated carbocycles. The van der Waals surface area contributed by atoms with Crippen LogP contribution in [0.1, 0.15) is 83.3 Å². The molecule has 1 aliphatic heterocycles. The second-order valence-corrected chi connectivity index (χ2v) is 8.53. The molecular formula is C23H39NO2. The molecule has 2 N–H and O–H groups in total. The molecule has 0 atom stereocenters. The van der Waals surface area contributed by atoms with Gasteiger partial charge in [0.2, 0.25) is 0 Å². The topological polar surface area (TPSA) is 44.5 Å². The van der Waals surface area contributed by atoms with E-state index in [2.05, 4.69) is 31.2 Å². The van der Waals surface area contributed by atoms with E-state index in [1.165, 1.54) is 62.5 Å². The average molecular weight is 362 g/mol. The Labute approximate surface area is 160 Å². The van der Waals surface area contributed by atoms with E-state index in [1.54, 1.807) is 0 Å². The molecule has 0 aliphatic carbocycles. The van der Waals surface area contributed by atoms with E-state index in [0.717, 1.165) is 12.8 Å². The van der Waals surface area contributed by atoms with Crippen molar-refractivity contribution in [2.75, 3.05) is 13.2 Å². The number of rotatable bonds is 11. The van der Waals surface area contributed by atoms with Crippen molar-refractivity contribution in [1.82, 2.24) is 0 Å². The van der Waals surface area contributed by atoms with Gasteiger partial charge in [0.1, 0.15) is 0 Å². The molecule has 0 aromatic heterocycles. The minimum absolute atomic E-state index is 0.369. The Hall–Kier alpha value is -0.900. The van der Waals surface area contributed by atoms with Crippen LogP contribution in [-0.2, 0) is 22.3 Å². The molecule has 3 nitrogen and oxygen atoms in total. The van der Waals surface area contributed by atoms with Gasteiger partial charge in [0, 0.05) is 0 Å². The first-order chi connectivity index (χ1) is 12.4. The number of ether oxygens (including phenoxy) is 2. The second kappa shape index (κ2) is 10.4. The van der Waals surface area contributed by atoms with Gasteiger partial charge < -0.3 is 15.2 Å². The molecule has 1 fully saturated rings. The predicted molar refractivity (Wildman–Crippen MR) is 109 cm³/mol. The average Bonchev–Trinajstić information content (AvgIpc) is 2.63. The highest BCUT2D eigenvalue weighted by atomic mass is 16.7. The quantitative estimate of drug-likeness (QED) is 0.537. The van der Waals surface area contributed by atoms with Crippen molar-refractivity contribution < 1.29 is 9.47 Å². The van der Waals surface area contributed by atoms with Gasteiger partial charge in [0.05, 0.1) is 18.8 Å². The number of benzene rings is 1. The first-order valence-corrected chi connectivity index (χ1v) is 10.6. The summed E-state index contributed by atoms with van der Waals surface area (Å²) < 4.78 is 11.5. The molecule has 1 aromatic rings. The molecule has 1 heterocycles. The molecule has 0 amide bonds. The summed E-state index contributed by atoms with van der Waals surface area (Å²) in [6.07, 6.45) is 12.6. The zero-order chi connectivity index (χ0) is 18.9. The molecular weight excluding hydrogens is 322 g/mol. The fraction of sp³-hybridized carbons (Fsp3) is 0.739. The molecule has 0 bridgehead atoms. The van der Waals surface area contributed by atoms with Crippen LogP contribution in [-0.4, -0.2) is 24.5 Å². The molecule has 148 valence electrons. The Bertz CT molecular complexity index is 499. The molecule has 1 saturated heterocycles. The Morgan fingerprint density at radius 2 is 1.31 bits per heavy atom. The van der Waals surface area contributed by atoms with Crippen LogP contribution in [0.5, 0.6) is 0 Å². The normalized spacial score (nSPS) is 18.8. The molecule has 0 spiro atoms. The lowest BCUT2D eigenvalue weighted by Gasteiger charge is -2.41. The molecule has 1 aromatic carbocycles. The van der Waals surface area contributed by atoms with Gasteiger partial charge in [0.25, 0.3) is 0 Å². The van der Waals surface area contributed by atoms with Crippen molar-refractivity contribution in [1.29, 1.82) is 0 Å². The maximum atomic E-state index is 6.43. The van der Waals surface area contributed by atoms with Gasteiger partial charge in [0.15, 0.2) is 5.79 Å². The third kappa shape index (κ3) is 7.77. The minimum atomic E-state index is -0.499. The van der Waals surface area contributed by atoms with Gasteiger partial charge in [-0.05, 0) is 50.7 Å². The van der Waals surface area contributed by atoms with Crippen molar-refractivity contribution in [3.63, 3.8) is 0 Å². The molecule has 1 aliphatic rings. The smallest absolute Gasteiger partial charge is 0.162 e. The second-order valence-electron chi connectivity index (χ2n) is 8.53. The zero-order valence-electron chi connectivity index (χ0n) is 17.2. The lowest BCUT2D eigenvalue weighted by atomic mass is 9.92. The first kappa shape index (κ1) is 21.4. The van der Waals surface area contributed by atoms with E-state index in [-0.39, 0.29) is 5.54 Å². The fourth-order valence-electron chi connectivity index (χ4n) is 3.41. The number of aryl methyl sites for hydroxylation is 2. The molecule has 0 unspecified atom stereocenters. The lowest BCUT2D eigenvalue weighted by Crippen LogP contribution is -2.57. The van der Waals surface area contributed by atoms with E-state index in [4.69, 9.17) is 15.2 Å². The lowest BCUT2D eigenvalue weighted by molar-refractivity contribution is -0.267. The van der Waals surface area contributed by atoms with Crippen molar-refractivity contribution in [3.05, 3.63) is 35.4 Å². The van der Waals surface area contributed by atoms with Crippen LogP contribution in [0.2, 0.25) is 0 Å². The van der Waals surface area contributed by atoms with E-state index >= 15 is 0 Å². The summed E-state index contributed by atoms with van der Waals surface area (Å²) in [4.78, 5) is 0. The maximum absolute atomic E-state index is 6.43. The summed E-state index contributed by atoms with van der Waals surface area (Å²) in [5.41, 5.74) is 8.87. The monoisotopic (exact) mass is 361 g/mol. The van der Waals surface area contributed by atoms with E-state index in [9.17, 15) is 0 Å². The van der Waals surface area contributed by atoms with Gasteiger partial charge in [-0.15, -0.1) is 0 Å². The van der Waals surface area contributed by atoms with Crippen LogP contribution in [0.3, 0.4) is 0 Å². The number of hydrogen-bond acceptors (Lipinski definition) is 3. The maximum Gasteiger partial charge on any atom is 0.162 e. The highest BCUT2D eigenvalue weighted by Crippen LogP contribution is 2.25. The van der Waals surface area contributed by atoms with Crippen molar-refractivity contribution in [2.45, 2.75) is 96.3 Å². The van der Waals surface area contributed by atoms with Gasteiger partial charge in [-0.25, -0.2) is 0 Å². The number of nitrogens with two attached hydrogens (primary N) is 1. The fourth-order valence-corrected chi connectivity index (χ4v) is 3.41. The third-order valence-corrected chi connectivity index (χ3v) is 5.42. The zero-order valence-corrected chi connectivity index (χ0v) is 17.2. The Morgan fingerprint density at radius 1 is 0.808 bits per heavy atom. The Morgan fingerprint density at radius 3 is 1.88 bits per heavy atom. The SMILES string of the molecule is CCCCCCCCCc1ccc(CCC2(N)COC(C)(C)OC2)cc1. The van der Waals surface area contributed by atoms with Crippen LogP contribution in [0.15, 0.2) is 24.3 Å². The third-order valence-electron chi connectivity index (χ3n) is 5.42. The van der Waals surface area contributed by atoms with E-state index in [0.29, 0.717) is 13.2 Å². The summed E-state index contributed by atoms with van der Waals surface area (Å²) in [7, 11) is 0. The molecule has 3 heteroatoms. The van der Waals surface area contributed by atoms with Gasteiger partial charge >= 0.3 is 0 Å². The molecule has 26 heavy (non-hydrogen) atoms. The van der Waals surface area contributed by atoms with Crippen LogP contribution in [0, 0.1) is 0 Å². The summed E-state index contributed by atoms with van der Waals surface area (Å²) in [5, 5.41) is 0. The van der Waals surface area contributed by atoms with Crippen LogP contribution >= 0.6 is 0 Å². The molecule has 0 radical (unpaired) electrons. The van der Waals surface area contributed by atoms with Crippen molar-refractivity contribution >= 4 is 0 Å². The highest BCUT2D eigenvalue weighted by Gasteiger charge is 2.36. The Balaban J connectivity index is 1.64. The summed E-state index contributed by atoms with van der Waals surface area (Å²) >= 11 is 0. The van der Waals surface area contributed by atoms with E-state index < -0.39 is 5.79 Å². The van der Waals surface area contributed by atoms with E-state index in [1.807, 2.05) is 13.8 Å². The largest absolute Gasteiger partial charge is 0.349 e. The predicted octanol–water partition coefficient (Wildman–Crippen LogP) is 5.39. The first-order valence-electron chi connectivity index (χ1n) is 10.6. The molecule has 2 rings (SSSR count). The number of hydrogen-bond donors (Lipinski definition) is 1. The van der Waals surface area contributed by atoms with Crippen LogP contribution < -0.4 is 5.73 Å². The van der Waals surface area contributed by atoms with Crippen LogP contribution in [0.4, 0.5) is 0 Å². The standard InChI is InChI=1S/C23H39NO2/c1-4-5-6-7-8-9-10-11-20-12-14-21(15-13-20)16-17-23(24)18-25-22(2,3)26-19-23/h12-15H,4-11,16-19,24H2,1-3H3. The number of unbranched alkanes of at least 4 members (excludes halogenated alkanes) is 6. The minimum Gasteiger partial charge on any atom is -0.349 e.